The zero-order valence-corrected chi connectivity index (χ0v) is 14.2. The summed E-state index contributed by atoms with van der Waals surface area (Å²) in [4.78, 5) is 6.70. The van der Waals surface area contributed by atoms with Gasteiger partial charge in [-0.05, 0) is 30.3 Å². The van der Waals surface area contributed by atoms with Crippen LogP contribution in [0.4, 0.5) is 5.69 Å². The van der Waals surface area contributed by atoms with Gasteiger partial charge in [-0.15, -0.1) is 0 Å². The molecule has 124 valence electrons. The molecule has 1 fully saturated rings. The quantitative estimate of drug-likeness (QED) is 0.731. The smallest absolute Gasteiger partial charge is 0.114 e. The van der Waals surface area contributed by atoms with Crippen molar-refractivity contribution < 1.29 is 0 Å². The molecule has 1 saturated heterocycles. The van der Waals surface area contributed by atoms with Crippen molar-refractivity contribution in [2.24, 2.45) is 0 Å². The Bertz CT molecular complexity index is 809. The van der Waals surface area contributed by atoms with Gasteiger partial charge < -0.3 is 4.90 Å². The topological polar surface area (TPSA) is 37.2 Å². The summed E-state index contributed by atoms with van der Waals surface area (Å²) in [6, 6.07) is 16.3. The lowest BCUT2D eigenvalue weighted by Gasteiger charge is -2.36. The number of piperazine rings is 1. The Kier molecular flexibility index (Phi) is 4.36. The SMILES string of the molecule is Clc1ccc2nn(CCN3CCN(c4ccccc4)CC3)nc2c1. The van der Waals surface area contributed by atoms with E-state index in [1.165, 1.54) is 5.69 Å². The van der Waals surface area contributed by atoms with Gasteiger partial charge in [0.25, 0.3) is 0 Å². The van der Waals surface area contributed by atoms with E-state index in [1.54, 1.807) is 4.80 Å². The summed E-state index contributed by atoms with van der Waals surface area (Å²) < 4.78 is 0. The van der Waals surface area contributed by atoms with E-state index in [-0.39, 0.29) is 0 Å². The van der Waals surface area contributed by atoms with Gasteiger partial charge in [0.05, 0.1) is 6.54 Å². The van der Waals surface area contributed by atoms with Crippen molar-refractivity contribution in [2.75, 3.05) is 37.6 Å². The van der Waals surface area contributed by atoms with E-state index in [0.29, 0.717) is 5.02 Å². The molecule has 3 aromatic rings. The minimum Gasteiger partial charge on any atom is -0.369 e. The van der Waals surface area contributed by atoms with E-state index in [4.69, 9.17) is 11.6 Å². The van der Waals surface area contributed by atoms with Crippen molar-refractivity contribution in [3.63, 3.8) is 0 Å². The predicted molar refractivity (Wildman–Crippen MR) is 97.6 cm³/mol. The molecular weight excluding hydrogens is 322 g/mol. The third kappa shape index (κ3) is 3.37. The van der Waals surface area contributed by atoms with Crippen molar-refractivity contribution in [1.82, 2.24) is 19.9 Å². The van der Waals surface area contributed by atoms with Crippen LogP contribution in [0.1, 0.15) is 0 Å². The molecule has 0 unspecified atom stereocenters. The van der Waals surface area contributed by atoms with Gasteiger partial charge >= 0.3 is 0 Å². The van der Waals surface area contributed by atoms with Crippen molar-refractivity contribution in [3.05, 3.63) is 53.6 Å². The van der Waals surface area contributed by atoms with Crippen molar-refractivity contribution in [1.29, 1.82) is 0 Å². The van der Waals surface area contributed by atoms with Crippen LogP contribution in [0, 0.1) is 0 Å². The second kappa shape index (κ2) is 6.79. The standard InChI is InChI=1S/C18H20ClN5/c19-15-6-7-17-18(14-15)21-24(20-17)13-10-22-8-11-23(12-9-22)16-4-2-1-3-5-16/h1-7,14H,8-13H2. The van der Waals surface area contributed by atoms with Crippen LogP contribution in [-0.2, 0) is 6.54 Å². The lowest BCUT2D eigenvalue weighted by molar-refractivity contribution is 0.240. The molecule has 1 aromatic heterocycles. The van der Waals surface area contributed by atoms with Crippen LogP contribution in [0.5, 0.6) is 0 Å². The highest BCUT2D eigenvalue weighted by Crippen LogP contribution is 2.17. The zero-order chi connectivity index (χ0) is 16.4. The van der Waals surface area contributed by atoms with E-state index in [9.17, 15) is 0 Å². The molecule has 2 aromatic carbocycles. The molecule has 0 saturated carbocycles. The van der Waals surface area contributed by atoms with Gasteiger partial charge in [-0.25, -0.2) is 0 Å². The lowest BCUT2D eigenvalue weighted by Crippen LogP contribution is -2.47. The highest BCUT2D eigenvalue weighted by Gasteiger charge is 2.17. The average molecular weight is 342 g/mol. The van der Waals surface area contributed by atoms with Crippen molar-refractivity contribution in [2.45, 2.75) is 6.54 Å². The first-order valence-electron chi connectivity index (χ1n) is 8.31. The van der Waals surface area contributed by atoms with Crippen LogP contribution in [0.2, 0.25) is 5.02 Å². The maximum atomic E-state index is 6.00. The Balaban J connectivity index is 1.32. The minimum atomic E-state index is 0.701. The number of halogens is 1. The van der Waals surface area contributed by atoms with Gasteiger partial charge in [-0.2, -0.15) is 15.0 Å². The summed E-state index contributed by atoms with van der Waals surface area (Å²) >= 11 is 6.00. The average Bonchev–Trinajstić information content (AvgIpc) is 3.03. The largest absolute Gasteiger partial charge is 0.369 e. The normalized spacial score (nSPS) is 16.0. The predicted octanol–water partition coefficient (Wildman–Crippen LogP) is 2.91. The Morgan fingerprint density at radius 3 is 2.38 bits per heavy atom. The molecule has 0 N–H and O–H groups in total. The van der Waals surface area contributed by atoms with Crippen molar-refractivity contribution >= 4 is 28.3 Å². The molecule has 6 heteroatoms. The number of rotatable bonds is 4. The van der Waals surface area contributed by atoms with Gasteiger partial charge in [0, 0.05) is 43.4 Å². The van der Waals surface area contributed by atoms with E-state index >= 15 is 0 Å². The summed E-state index contributed by atoms with van der Waals surface area (Å²) in [5, 5.41) is 9.72. The van der Waals surface area contributed by atoms with E-state index in [2.05, 4.69) is 50.3 Å². The Hall–Kier alpha value is -2.11. The summed E-state index contributed by atoms with van der Waals surface area (Å²) in [7, 11) is 0. The van der Waals surface area contributed by atoms with Gasteiger partial charge in [-0.3, -0.25) is 4.90 Å². The fourth-order valence-corrected chi connectivity index (χ4v) is 3.30. The third-order valence-electron chi connectivity index (χ3n) is 4.49. The number of hydrogen-bond acceptors (Lipinski definition) is 4. The molecule has 1 aliphatic rings. The summed E-state index contributed by atoms with van der Waals surface area (Å²) in [5.41, 5.74) is 3.07. The Labute approximate surface area is 146 Å². The van der Waals surface area contributed by atoms with Gasteiger partial charge in [0.2, 0.25) is 0 Å². The first-order valence-corrected chi connectivity index (χ1v) is 8.68. The number of fused-ring (bicyclic) bond motifs is 1. The third-order valence-corrected chi connectivity index (χ3v) is 4.73. The number of aromatic nitrogens is 3. The molecule has 0 amide bonds. The van der Waals surface area contributed by atoms with Crippen LogP contribution in [0.25, 0.3) is 11.0 Å². The zero-order valence-electron chi connectivity index (χ0n) is 13.5. The number of anilines is 1. The molecule has 0 atom stereocenters. The van der Waals surface area contributed by atoms with E-state index in [1.807, 2.05) is 18.2 Å². The maximum absolute atomic E-state index is 6.00. The fraction of sp³-hybridized carbons (Fsp3) is 0.333. The molecule has 0 bridgehead atoms. The van der Waals surface area contributed by atoms with Crippen LogP contribution in [0.3, 0.4) is 0 Å². The summed E-state index contributed by atoms with van der Waals surface area (Å²) in [6.45, 7) is 6.04. The van der Waals surface area contributed by atoms with Crippen molar-refractivity contribution in [3.8, 4) is 0 Å². The second-order valence-corrected chi connectivity index (χ2v) is 6.53. The fourth-order valence-electron chi connectivity index (χ4n) is 3.13. The number of para-hydroxylation sites is 1. The van der Waals surface area contributed by atoms with Gasteiger partial charge in [0.15, 0.2) is 0 Å². The first-order chi connectivity index (χ1) is 11.8. The molecule has 1 aliphatic heterocycles. The van der Waals surface area contributed by atoms with E-state index in [0.717, 1.165) is 50.3 Å². The Morgan fingerprint density at radius 1 is 0.833 bits per heavy atom. The van der Waals surface area contributed by atoms with E-state index < -0.39 is 0 Å². The van der Waals surface area contributed by atoms with Crippen LogP contribution in [-0.4, -0.2) is 52.6 Å². The molecule has 0 spiro atoms. The van der Waals surface area contributed by atoms with Gasteiger partial charge in [0.1, 0.15) is 11.0 Å². The number of hydrogen-bond donors (Lipinski definition) is 0. The molecular formula is C18H20ClN5. The molecule has 0 radical (unpaired) electrons. The molecule has 0 aliphatic carbocycles. The van der Waals surface area contributed by atoms with Gasteiger partial charge in [-0.1, -0.05) is 29.8 Å². The number of benzene rings is 2. The minimum absolute atomic E-state index is 0.701. The highest BCUT2D eigenvalue weighted by atomic mass is 35.5. The molecule has 2 heterocycles. The monoisotopic (exact) mass is 341 g/mol. The van der Waals surface area contributed by atoms with Crippen LogP contribution < -0.4 is 4.90 Å². The first kappa shape index (κ1) is 15.4. The lowest BCUT2D eigenvalue weighted by atomic mass is 10.2. The highest BCUT2D eigenvalue weighted by molar-refractivity contribution is 6.31. The van der Waals surface area contributed by atoms with Crippen LogP contribution >= 0.6 is 11.6 Å². The molecule has 5 nitrogen and oxygen atoms in total. The Morgan fingerprint density at radius 2 is 1.58 bits per heavy atom. The van der Waals surface area contributed by atoms with Crippen LogP contribution in [0.15, 0.2) is 48.5 Å². The maximum Gasteiger partial charge on any atom is 0.114 e. The summed E-state index contributed by atoms with van der Waals surface area (Å²) in [6.07, 6.45) is 0. The molecule has 4 rings (SSSR count). The second-order valence-electron chi connectivity index (χ2n) is 6.09. The summed E-state index contributed by atoms with van der Waals surface area (Å²) in [5.74, 6) is 0. The number of nitrogens with zero attached hydrogens (tertiary/aromatic N) is 5. The molecule has 24 heavy (non-hydrogen) atoms.